The molecule has 0 aliphatic rings. The summed E-state index contributed by atoms with van der Waals surface area (Å²) in [6.07, 6.45) is 0.183. The molecule has 2 rings (SSSR count). The fourth-order valence-electron chi connectivity index (χ4n) is 1.90. The van der Waals surface area contributed by atoms with Crippen molar-refractivity contribution in [1.82, 2.24) is 0 Å². The van der Waals surface area contributed by atoms with E-state index in [1.165, 1.54) is 5.56 Å². The monoisotopic (exact) mass is 475 g/mol. The Bertz CT molecular complexity index is 606. The van der Waals surface area contributed by atoms with Crippen LogP contribution in [0, 0.1) is 0 Å². The zero-order valence-electron chi connectivity index (χ0n) is 11.8. The first-order valence-electron chi connectivity index (χ1n) is 6.59. The van der Waals surface area contributed by atoms with Crippen molar-refractivity contribution in [2.45, 2.75) is 26.5 Å². The van der Waals surface area contributed by atoms with E-state index in [9.17, 15) is 0 Å². The minimum Gasteiger partial charge on any atom is -0.491 e. The lowest BCUT2D eigenvalue weighted by molar-refractivity contribution is 0.242. The minimum atomic E-state index is 0.183. The van der Waals surface area contributed by atoms with Crippen LogP contribution >= 0.6 is 47.8 Å². The van der Waals surface area contributed by atoms with Crippen LogP contribution in [-0.2, 0) is 6.54 Å². The number of anilines is 1. The number of ether oxygens (including phenoxy) is 1. The molecule has 0 unspecified atom stereocenters. The van der Waals surface area contributed by atoms with Gasteiger partial charge in [0.25, 0.3) is 0 Å². The second kappa shape index (κ2) is 7.65. The second-order valence-corrected chi connectivity index (χ2v) is 7.54. The number of rotatable bonds is 5. The summed E-state index contributed by atoms with van der Waals surface area (Å²) in [7, 11) is 0. The van der Waals surface area contributed by atoms with Crippen LogP contribution in [0.3, 0.4) is 0 Å². The molecule has 2 aromatic rings. The van der Waals surface area contributed by atoms with Crippen LogP contribution in [0.2, 0.25) is 0 Å². The number of hydrogen-bond acceptors (Lipinski definition) is 2. The van der Waals surface area contributed by atoms with Gasteiger partial charge in [0, 0.05) is 20.0 Å². The first-order chi connectivity index (χ1) is 9.95. The molecule has 1 N–H and O–H groups in total. The largest absolute Gasteiger partial charge is 0.491 e. The third kappa shape index (κ3) is 5.01. The molecular formula is C16H16Br3NO. The maximum Gasteiger partial charge on any atom is 0.120 e. The molecule has 0 amide bonds. The third-order valence-corrected chi connectivity index (χ3v) is 4.46. The predicted molar refractivity (Wildman–Crippen MR) is 99.1 cm³/mol. The average molecular weight is 478 g/mol. The number of hydrogen-bond donors (Lipinski definition) is 1. The quantitative estimate of drug-likeness (QED) is 0.540. The molecule has 0 bridgehead atoms. The van der Waals surface area contributed by atoms with Gasteiger partial charge in [-0.15, -0.1) is 0 Å². The Balaban J connectivity index is 2.10. The van der Waals surface area contributed by atoms with Crippen LogP contribution in [0.4, 0.5) is 5.69 Å². The minimum absolute atomic E-state index is 0.183. The highest BCUT2D eigenvalue weighted by atomic mass is 79.9. The van der Waals surface area contributed by atoms with E-state index in [1.807, 2.05) is 38.1 Å². The number of benzene rings is 2. The number of halogens is 3. The van der Waals surface area contributed by atoms with Crippen molar-refractivity contribution in [2.75, 3.05) is 5.32 Å². The van der Waals surface area contributed by atoms with Gasteiger partial charge < -0.3 is 10.1 Å². The van der Waals surface area contributed by atoms with Gasteiger partial charge in [-0.2, -0.15) is 0 Å². The lowest BCUT2D eigenvalue weighted by Gasteiger charge is -2.13. The van der Waals surface area contributed by atoms with Gasteiger partial charge in [-0.1, -0.05) is 28.1 Å². The molecule has 0 aliphatic heterocycles. The highest BCUT2D eigenvalue weighted by molar-refractivity contribution is 9.11. The van der Waals surface area contributed by atoms with Gasteiger partial charge in [0.15, 0.2) is 0 Å². The Kier molecular flexibility index (Phi) is 6.14. The molecule has 2 nitrogen and oxygen atoms in total. The van der Waals surface area contributed by atoms with Crippen LogP contribution in [-0.4, -0.2) is 6.10 Å². The highest BCUT2D eigenvalue weighted by Gasteiger charge is 2.07. The summed E-state index contributed by atoms with van der Waals surface area (Å²) in [5, 5.41) is 3.44. The molecule has 0 saturated carbocycles. The molecule has 0 aliphatic carbocycles. The van der Waals surface area contributed by atoms with Gasteiger partial charge in [-0.05, 0) is 75.5 Å². The standard InChI is InChI=1S/C16H16Br3NO/c1-10(2)21-13-5-3-4-11(6-13)9-20-16-14(18)7-12(17)8-15(16)19/h3-8,10,20H,9H2,1-2H3. The molecule has 2 aromatic carbocycles. The van der Waals surface area contributed by atoms with Crippen molar-refractivity contribution in [2.24, 2.45) is 0 Å². The first-order valence-corrected chi connectivity index (χ1v) is 8.97. The molecule has 0 fully saturated rings. The predicted octanol–water partition coefficient (Wildman–Crippen LogP) is 6.37. The Morgan fingerprint density at radius 3 is 2.33 bits per heavy atom. The smallest absolute Gasteiger partial charge is 0.120 e. The molecule has 0 aromatic heterocycles. The molecular weight excluding hydrogens is 462 g/mol. The van der Waals surface area contributed by atoms with E-state index in [1.54, 1.807) is 0 Å². The highest BCUT2D eigenvalue weighted by Crippen LogP contribution is 2.34. The van der Waals surface area contributed by atoms with Gasteiger partial charge in [-0.3, -0.25) is 0 Å². The van der Waals surface area contributed by atoms with Crippen molar-refractivity contribution in [3.05, 3.63) is 55.4 Å². The maximum atomic E-state index is 5.72. The van der Waals surface area contributed by atoms with E-state index in [-0.39, 0.29) is 6.10 Å². The van der Waals surface area contributed by atoms with Gasteiger partial charge in [0.1, 0.15) is 5.75 Å². The maximum absolute atomic E-state index is 5.72. The Morgan fingerprint density at radius 1 is 1.05 bits per heavy atom. The van der Waals surface area contributed by atoms with Gasteiger partial charge in [-0.25, -0.2) is 0 Å². The van der Waals surface area contributed by atoms with E-state index < -0.39 is 0 Å². The lowest BCUT2D eigenvalue weighted by atomic mass is 10.2. The molecule has 0 heterocycles. The third-order valence-electron chi connectivity index (χ3n) is 2.75. The fourth-order valence-corrected chi connectivity index (χ4v) is 4.44. The normalized spacial score (nSPS) is 10.8. The first kappa shape index (κ1) is 16.8. The number of nitrogens with one attached hydrogen (secondary N) is 1. The van der Waals surface area contributed by atoms with Crippen LogP contribution in [0.25, 0.3) is 0 Å². The van der Waals surface area contributed by atoms with Crippen molar-refractivity contribution < 1.29 is 4.74 Å². The van der Waals surface area contributed by atoms with Gasteiger partial charge in [0.05, 0.1) is 11.8 Å². The van der Waals surface area contributed by atoms with E-state index in [2.05, 4.69) is 65.2 Å². The summed E-state index contributed by atoms with van der Waals surface area (Å²) in [5.41, 5.74) is 2.21. The molecule has 0 saturated heterocycles. The fraction of sp³-hybridized carbons (Fsp3) is 0.250. The molecule has 5 heteroatoms. The van der Waals surface area contributed by atoms with E-state index >= 15 is 0 Å². The summed E-state index contributed by atoms with van der Waals surface area (Å²) in [6.45, 7) is 4.79. The summed E-state index contributed by atoms with van der Waals surface area (Å²) in [4.78, 5) is 0. The molecule has 21 heavy (non-hydrogen) atoms. The Labute approximate surface area is 150 Å². The molecule has 0 spiro atoms. The Morgan fingerprint density at radius 2 is 1.71 bits per heavy atom. The summed E-state index contributed by atoms with van der Waals surface area (Å²) >= 11 is 10.6. The second-order valence-electron chi connectivity index (χ2n) is 4.91. The van der Waals surface area contributed by atoms with E-state index in [0.29, 0.717) is 0 Å². The van der Waals surface area contributed by atoms with Crippen LogP contribution in [0.5, 0.6) is 5.75 Å². The van der Waals surface area contributed by atoms with Crippen LogP contribution < -0.4 is 10.1 Å². The van der Waals surface area contributed by atoms with Crippen molar-refractivity contribution >= 4 is 53.5 Å². The van der Waals surface area contributed by atoms with Crippen LogP contribution in [0.15, 0.2) is 49.8 Å². The van der Waals surface area contributed by atoms with Gasteiger partial charge >= 0.3 is 0 Å². The lowest BCUT2D eigenvalue weighted by Crippen LogP contribution is -2.06. The Hall–Kier alpha value is -0.520. The summed E-state index contributed by atoms with van der Waals surface area (Å²) in [5.74, 6) is 0.901. The van der Waals surface area contributed by atoms with Crippen LogP contribution in [0.1, 0.15) is 19.4 Å². The molecule has 112 valence electrons. The van der Waals surface area contributed by atoms with E-state index in [4.69, 9.17) is 4.74 Å². The van der Waals surface area contributed by atoms with Crippen molar-refractivity contribution in [1.29, 1.82) is 0 Å². The van der Waals surface area contributed by atoms with E-state index in [0.717, 1.165) is 31.4 Å². The van der Waals surface area contributed by atoms with Crippen molar-refractivity contribution in [3.63, 3.8) is 0 Å². The SMILES string of the molecule is CC(C)Oc1cccc(CNc2c(Br)cc(Br)cc2Br)c1. The topological polar surface area (TPSA) is 21.3 Å². The molecule has 0 atom stereocenters. The zero-order valence-corrected chi connectivity index (χ0v) is 16.5. The average Bonchev–Trinajstić information content (AvgIpc) is 2.37. The molecule has 0 radical (unpaired) electrons. The zero-order chi connectivity index (χ0) is 15.4. The van der Waals surface area contributed by atoms with Gasteiger partial charge in [0.2, 0.25) is 0 Å². The summed E-state index contributed by atoms with van der Waals surface area (Å²) < 4.78 is 8.77. The van der Waals surface area contributed by atoms with Crippen molar-refractivity contribution in [3.8, 4) is 5.75 Å². The summed E-state index contributed by atoms with van der Waals surface area (Å²) in [6, 6.07) is 12.2.